The highest BCUT2D eigenvalue weighted by molar-refractivity contribution is 6.01. The number of anilines is 1. The molecule has 1 saturated heterocycles. The molecule has 1 fully saturated rings. The Balaban J connectivity index is 1.71. The average molecular weight is 342 g/mol. The zero-order valence-corrected chi connectivity index (χ0v) is 13.9. The molecule has 0 aromatic heterocycles. The van der Waals surface area contributed by atoms with E-state index in [4.69, 9.17) is 0 Å². The van der Waals surface area contributed by atoms with Gasteiger partial charge in [0.15, 0.2) is 0 Å². The summed E-state index contributed by atoms with van der Waals surface area (Å²) < 4.78 is 13.9. The van der Waals surface area contributed by atoms with Gasteiger partial charge in [-0.15, -0.1) is 0 Å². The molecule has 1 aliphatic heterocycles. The van der Waals surface area contributed by atoms with E-state index in [9.17, 15) is 19.1 Å². The normalized spacial score (nSPS) is 17.0. The second-order valence-corrected chi connectivity index (χ2v) is 6.10. The second kappa shape index (κ2) is 6.93. The van der Waals surface area contributed by atoms with Crippen molar-refractivity contribution in [1.82, 2.24) is 4.90 Å². The number of hydrogen-bond donors (Lipinski definition) is 1. The highest BCUT2D eigenvalue weighted by atomic mass is 19.1. The zero-order chi connectivity index (χ0) is 18.0. The Labute approximate surface area is 145 Å². The number of para-hydroxylation sites is 1. The topological polar surface area (TPSA) is 60.9 Å². The summed E-state index contributed by atoms with van der Waals surface area (Å²) in [6, 6.07) is 12.0. The van der Waals surface area contributed by atoms with Crippen molar-refractivity contribution in [3.05, 3.63) is 59.9 Å². The molecule has 5 nitrogen and oxygen atoms in total. The predicted octanol–water partition coefficient (Wildman–Crippen LogP) is 2.34. The predicted molar refractivity (Wildman–Crippen MR) is 91.7 cm³/mol. The van der Waals surface area contributed by atoms with Gasteiger partial charge in [0.05, 0.1) is 12.1 Å². The number of likely N-dealkylation sites (N-methyl/N-ethyl adjacent to an activating group) is 1. The molecular weight excluding hydrogens is 323 g/mol. The van der Waals surface area contributed by atoms with Gasteiger partial charge in [-0.25, -0.2) is 4.39 Å². The van der Waals surface area contributed by atoms with Crippen molar-refractivity contribution in [1.29, 1.82) is 0 Å². The molecule has 25 heavy (non-hydrogen) atoms. The van der Waals surface area contributed by atoms with Gasteiger partial charge in [-0.2, -0.15) is 0 Å². The maximum Gasteiger partial charge on any atom is 0.249 e. The third-order valence-electron chi connectivity index (χ3n) is 4.45. The van der Waals surface area contributed by atoms with Crippen molar-refractivity contribution >= 4 is 17.5 Å². The van der Waals surface area contributed by atoms with Crippen LogP contribution in [-0.2, 0) is 16.0 Å². The Bertz CT molecular complexity index is 809. The standard InChI is InChI=1S/C19H19FN2O3/c1-21(18(24)12-13-5-4-6-14(23)11-13)17-9-10-22(19(17)25)16-8-3-2-7-15(16)20/h2-8,11,17,23H,9-10,12H2,1H3. The van der Waals surface area contributed by atoms with Crippen molar-refractivity contribution < 1.29 is 19.1 Å². The summed E-state index contributed by atoms with van der Waals surface area (Å²) >= 11 is 0. The second-order valence-electron chi connectivity index (χ2n) is 6.10. The zero-order valence-electron chi connectivity index (χ0n) is 13.9. The quantitative estimate of drug-likeness (QED) is 0.928. The van der Waals surface area contributed by atoms with E-state index in [-0.39, 0.29) is 29.7 Å². The fraction of sp³-hybridized carbons (Fsp3) is 0.263. The Hall–Kier alpha value is -2.89. The molecule has 1 atom stereocenters. The molecule has 1 N–H and O–H groups in total. The van der Waals surface area contributed by atoms with Gasteiger partial charge in [0, 0.05) is 13.6 Å². The third-order valence-corrected chi connectivity index (χ3v) is 4.45. The van der Waals surface area contributed by atoms with Gasteiger partial charge in [-0.05, 0) is 36.2 Å². The molecule has 1 aliphatic rings. The van der Waals surface area contributed by atoms with E-state index in [2.05, 4.69) is 0 Å². The lowest BCUT2D eigenvalue weighted by atomic mass is 10.1. The van der Waals surface area contributed by atoms with Crippen molar-refractivity contribution in [3.8, 4) is 5.75 Å². The maximum absolute atomic E-state index is 13.9. The molecule has 6 heteroatoms. The van der Waals surface area contributed by atoms with E-state index >= 15 is 0 Å². The number of benzene rings is 2. The number of carbonyl (C=O) groups is 2. The van der Waals surface area contributed by atoms with E-state index < -0.39 is 11.9 Å². The van der Waals surface area contributed by atoms with E-state index in [0.29, 0.717) is 18.5 Å². The molecule has 0 saturated carbocycles. The van der Waals surface area contributed by atoms with Crippen molar-refractivity contribution in [2.75, 3.05) is 18.5 Å². The number of carbonyl (C=O) groups excluding carboxylic acids is 2. The van der Waals surface area contributed by atoms with E-state index in [1.807, 2.05) is 0 Å². The molecule has 1 unspecified atom stereocenters. The smallest absolute Gasteiger partial charge is 0.249 e. The number of hydrogen-bond acceptors (Lipinski definition) is 3. The van der Waals surface area contributed by atoms with Crippen LogP contribution < -0.4 is 4.90 Å². The van der Waals surface area contributed by atoms with Crippen LogP contribution in [0.3, 0.4) is 0 Å². The molecule has 2 aromatic carbocycles. The Morgan fingerprint density at radius 1 is 1.28 bits per heavy atom. The van der Waals surface area contributed by atoms with Crippen LogP contribution in [-0.4, -0.2) is 41.5 Å². The van der Waals surface area contributed by atoms with Crippen LogP contribution in [0.5, 0.6) is 5.75 Å². The molecule has 0 bridgehead atoms. The lowest BCUT2D eigenvalue weighted by Gasteiger charge is -2.24. The third kappa shape index (κ3) is 3.47. The fourth-order valence-electron chi connectivity index (χ4n) is 3.07. The first-order chi connectivity index (χ1) is 12.0. The summed E-state index contributed by atoms with van der Waals surface area (Å²) in [5.74, 6) is -0.864. The maximum atomic E-state index is 13.9. The largest absolute Gasteiger partial charge is 0.508 e. The van der Waals surface area contributed by atoms with Crippen LogP contribution in [0.25, 0.3) is 0 Å². The first kappa shape index (κ1) is 17.0. The number of phenolic OH excluding ortho intramolecular Hbond substituents is 1. The van der Waals surface area contributed by atoms with Crippen LogP contribution in [0.1, 0.15) is 12.0 Å². The number of rotatable bonds is 4. The molecule has 2 amide bonds. The Morgan fingerprint density at radius 3 is 2.76 bits per heavy atom. The summed E-state index contributed by atoms with van der Waals surface area (Å²) in [7, 11) is 1.58. The monoisotopic (exact) mass is 342 g/mol. The van der Waals surface area contributed by atoms with Crippen molar-refractivity contribution in [2.24, 2.45) is 0 Å². The number of aromatic hydroxyl groups is 1. The average Bonchev–Trinajstić information content (AvgIpc) is 2.96. The molecule has 0 aliphatic carbocycles. The summed E-state index contributed by atoms with van der Waals surface area (Å²) in [6.07, 6.45) is 0.545. The Kier molecular flexibility index (Phi) is 4.70. The van der Waals surface area contributed by atoms with E-state index in [1.54, 1.807) is 37.4 Å². The molecule has 130 valence electrons. The molecule has 3 rings (SSSR count). The molecule has 2 aromatic rings. The minimum absolute atomic E-state index is 0.0916. The van der Waals surface area contributed by atoms with Crippen LogP contribution in [0.2, 0.25) is 0 Å². The van der Waals surface area contributed by atoms with Crippen LogP contribution in [0.4, 0.5) is 10.1 Å². The van der Waals surface area contributed by atoms with E-state index in [1.165, 1.54) is 28.0 Å². The number of nitrogens with zero attached hydrogens (tertiary/aromatic N) is 2. The molecule has 0 spiro atoms. The SMILES string of the molecule is CN(C(=O)Cc1cccc(O)c1)C1CCN(c2ccccc2F)C1=O. The lowest BCUT2D eigenvalue weighted by molar-refractivity contribution is -0.136. The molecule has 0 radical (unpaired) electrons. The van der Waals surface area contributed by atoms with Gasteiger partial charge in [0.25, 0.3) is 0 Å². The van der Waals surface area contributed by atoms with Crippen molar-refractivity contribution in [3.63, 3.8) is 0 Å². The summed E-state index contributed by atoms with van der Waals surface area (Å²) in [6.45, 7) is 0.369. The Morgan fingerprint density at radius 2 is 2.04 bits per heavy atom. The number of amides is 2. The summed E-state index contributed by atoms with van der Waals surface area (Å²) in [5.41, 5.74) is 0.914. The number of halogens is 1. The van der Waals surface area contributed by atoms with Gasteiger partial charge >= 0.3 is 0 Å². The molecular formula is C19H19FN2O3. The summed E-state index contributed by atoms with van der Waals surface area (Å²) in [4.78, 5) is 27.9. The lowest BCUT2D eigenvalue weighted by Crippen LogP contribution is -2.43. The first-order valence-electron chi connectivity index (χ1n) is 8.07. The van der Waals surface area contributed by atoms with Crippen LogP contribution in [0.15, 0.2) is 48.5 Å². The van der Waals surface area contributed by atoms with Gasteiger partial charge in [0.1, 0.15) is 17.6 Å². The van der Waals surface area contributed by atoms with E-state index in [0.717, 1.165) is 0 Å². The highest BCUT2D eigenvalue weighted by Gasteiger charge is 2.37. The minimum Gasteiger partial charge on any atom is -0.508 e. The highest BCUT2D eigenvalue weighted by Crippen LogP contribution is 2.26. The van der Waals surface area contributed by atoms with Crippen LogP contribution >= 0.6 is 0 Å². The fourth-order valence-corrected chi connectivity index (χ4v) is 3.07. The summed E-state index contributed by atoms with van der Waals surface area (Å²) in [5, 5.41) is 9.48. The number of phenols is 1. The minimum atomic E-state index is -0.607. The van der Waals surface area contributed by atoms with Gasteiger partial charge < -0.3 is 14.9 Å². The van der Waals surface area contributed by atoms with Gasteiger partial charge in [0.2, 0.25) is 11.8 Å². The van der Waals surface area contributed by atoms with Crippen LogP contribution in [0, 0.1) is 5.82 Å². The first-order valence-corrected chi connectivity index (χ1v) is 8.07. The van der Waals surface area contributed by atoms with Crippen molar-refractivity contribution in [2.45, 2.75) is 18.9 Å². The molecule has 1 heterocycles. The van der Waals surface area contributed by atoms with Gasteiger partial charge in [-0.1, -0.05) is 24.3 Å². The van der Waals surface area contributed by atoms with Gasteiger partial charge in [-0.3, -0.25) is 9.59 Å².